The summed E-state index contributed by atoms with van der Waals surface area (Å²) in [7, 11) is -2.27. The number of halogens is 1. The molecule has 1 rings (SSSR count). The fraction of sp³-hybridized carbons (Fsp3) is 0.789. The van der Waals surface area contributed by atoms with Crippen LogP contribution in [0.15, 0.2) is 16.6 Å². The van der Waals surface area contributed by atoms with Crippen molar-refractivity contribution in [3.05, 3.63) is 11.6 Å². The molecule has 1 saturated heterocycles. The van der Waals surface area contributed by atoms with Crippen LogP contribution in [0.4, 0.5) is 0 Å². The summed E-state index contributed by atoms with van der Waals surface area (Å²) in [6, 6.07) is 2.48. The molecule has 0 aromatic heterocycles. The zero-order valence-electron chi connectivity index (χ0n) is 17.4. The molecule has 0 bridgehead atoms. The highest BCUT2D eigenvalue weighted by atomic mass is 35.5. The molecule has 0 saturated carbocycles. The molecule has 1 aliphatic rings. The second-order valence-corrected chi connectivity index (χ2v) is 20.8. The van der Waals surface area contributed by atoms with Gasteiger partial charge in [-0.15, -0.1) is 0 Å². The molecule has 0 atom stereocenters. The molecule has 1 heterocycles. The Morgan fingerprint density at radius 3 is 2.12 bits per heavy atom. The van der Waals surface area contributed by atoms with Gasteiger partial charge in [0.15, 0.2) is 17.2 Å². The second-order valence-electron chi connectivity index (χ2n) is 9.45. The number of carbonyl (C=O) groups excluding carboxylic acids is 1. The van der Waals surface area contributed by atoms with Crippen molar-refractivity contribution >= 4 is 38.7 Å². The first kappa shape index (κ1) is 23.8. The zero-order valence-corrected chi connectivity index (χ0v) is 20.1. The smallest absolute Gasteiger partial charge is 0.197 e. The van der Waals surface area contributed by atoms with Gasteiger partial charge in [-0.05, 0) is 24.9 Å². The van der Waals surface area contributed by atoms with E-state index in [1.807, 2.05) is 0 Å². The van der Waals surface area contributed by atoms with Gasteiger partial charge in [0.1, 0.15) is 0 Å². The fourth-order valence-electron chi connectivity index (χ4n) is 2.98. The lowest BCUT2D eigenvalue weighted by Crippen LogP contribution is -2.28. The molecule has 0 unspecified atom stereocenters. The van der Waals surface area contributed by atoms with E-state index < -0.39 is 22.4 Å². The Morgan fingerprint density at radius 2 is 1.62 bits per heavy atom. The maximum Gasteiger partial charge on any atom is 0.197 e. The molecule has 1 fully saturated rings. The summed E-state index contributed by atoms with van der Waals surface area (Å²) >= 11 is 6.06. The third-order valence-corrected chi connectivity index (χ3v) is 7.17. The van der Waals surface area contributed by atoms with Gasteiger partial charge in [0.25, 0.3) is 0 Å². The average molecular weight is 418 g/mol. The molecule has 0 aromatic carbocycles. The lowest BCUT2D eigenvalue weighted by Gasteiger charge is -2.24. The molecule has 7 heteroatoms. The quantitative estimate of drug-likeness (QED) is 0.208. The van der Waals surface area contributed by atoms with Gasteiger partial charge in [0.2, 0.25) is 0 Å². The fourth-order valence-corrected chi connectivity index (χ4v) is 6.65. The summed E-state index contributed by atoms with van der Waals surface area (Å²) in [5.74, 6) is -0.202. The Balaban J connectivity index is 2.53. The van der Waals surface area contributed by atoms with Crippen LogP contribution in [0.5, 0.6) is 0 Å². The summed E-state index contributed by atoms with van der Waals surface area (Å²) in [5.41, 5.74) is 1.57. The molecule has 0 N–H and O–H groups in total. The first-order chi connectivity index (χ1) is 12.0. The molecular formula is C19H36ClNO3Si2. The van der Waals surface area contributed by atoms with Crippen LogP contribution in [0.1, 0.15) is 19.3 Å². The SMILES string of the molecule is C[Si](C)(C)CC(=CCCN=C(Cl)C(=O)CC1OCCCO1)C[Si](C)(C)C. The van der Waals surface area contributed by atoms with Crippen LogP contribution < -0.4 is 0 Å². The first-order valence-corrected chi connectivity index (χ1v) is 17.4. The highest BCUT2D eigenvalue weighted by molar-refractivity contribution is 6.83. The van der Waals surface area contributed by atoms with E-state index in [4.69, 9.17) is 21.1 Å². The first-order valence-electron chi connectivity index (χ1n) is 9.60. The molecule has 0 amide bonds. The van der Waals surface area contributed by atoms with E-state index in [0.29, 0.717) is 19.8 Å². The lowest BCUT2D eigenvalue weighted by molar-refractivity contribution is -0.181. The van der Waals surface area contributed by atoms with Crippen molar-refractivity contribution in [1.82, 2.24) is 0 Å². The summed E-state index contributed by atoms with van der Waals surface area (Å²) < 4.78 is 10.8. The summed E-state index contributed by atoms with van der Waals surface area (Å²) in [6.07, 6.45) is 3.72. The van der Waals surface area contributed by atoms with Crippen LogP contribution in [0.3, 0.4) is 0 Å². The zero-order chi connectivity index (χ0) is 19.8. The largest absolute Gasteiger partial charge is 0.352 e. The van der Waals surface area contributed by atoms with Gasteiger partial charge in [-0.3, -0.25) is 9.79 Å². The van der Waals surface area contributed by atoms with Crippen LogP contribution in [0.25, 0.3) is 0 Å². The highest BCUT2D eigenvalue weighted by Crippen LogP contribution is 2.25. The van der Waals surface area contributed by atoms with Crippen LogP contribution >= 0.6 is 11.6 Å². The van der Waals surface area contributed by atoms with Crippen LogP contribution in [0, 0.1) is 0 Å². The van der Waals surface area contributed by atoms with E-state index in [1.54, 1.807) is 5.57 Å². The molecule has 26 heavy (non-hydrogen) atoms. The van der Waals surface area contributed by atoms with Crippen molar-refractivity contribution in [3.8, 4) is 0 Å². The van der Waals surface area contributed by atoms with Gasteiger partial charge >= 0.3 is 0 Å². The summed E-state index contributed by atoms with van der Waals surface area (Å²) in [5, 5.41) is 0.0631. The van der Waals surface area contributed by atoms with Crippen LogP contribution in [0.2, 0.25) is 51.4 Å². The van der Waals surface area contributed by atoms with Gasteiger partial charge in [0, 0.05) is 22.7 Å². The number of nitrogens with zero attached hydrogens (tertiary/aromatic N) is 1. The second kappa shape index (κ2) is 10.9. The number of ether oxygens (including phenoxy) is 2. The summed E-state index contributed by atoms with van der Waals surface area (Å²) in [6.45, 7) is 16.3. The highest BCUT2D eigenvalue weighted by Gasteiger charge is 2.22. The maximum absolute atomic E-state index is 12.1. The Bertz CT molecular complexity index is 498. The van der Waals surface area contributed by atoms with Gasteiger partial charge in [-0.25, -0.2) is 0 Å². The van der Waals surface area contributed by atoms with Gasteiger partial charge < -0.3 is 9.47 Å². The predicted molar refractivity (Wildman–Crippen MR) is 117 cm³/mol. The van der Waals surface area contributed by atoms with Crippen molar-refractivity contribution in [1.29, 1.82) is 0 Å². The molecule has 0 spiro atoms. The number of hydrogen-bond donors (Lipinski definition) is 0. The third kappa shape index (κ3) is 11.4. The van der Waals surface area contributed by atoms with E-state index in [2.05, 4.69) is 50.4 Å². The number of hydrogen-bond acceptors (Lipinski definition) is 4. The van der Waals surface area contributed by atoms with Crippen molar-refractivity contribution in [2.75, 3.05) is 19.8 Å². The van der Waals surface area contributed by atoms with Gasteiger partial charge in [-0.2, -0.15) is 0 Å². The molecule has 150 valence electrons. The third-order valence-electron chi connectivity index (χ3n) is 3.81. The monoisotopic (exact) mass is 417 g/mol. The van der Waals surface area contributed by atoms with E-state index >= 15 is 0 Å². The van der Waals surface area contributed by atoms with Crippen molar-refractivity contribution in [2.45, 2.75) is 76.9 Å². The number of carbonyl (C=O) groups is 1. The Labute approximate surface area is 166 Å². The molecule has 0 aromatic rings. The van der Waals surface area contributed by atoms with Crippen molar-refractivity contribution < 1.29 is 14.3 Å². The topological polar surface area (TPSA) is 47.9 Å². The van der Waals surface area contributed by atoms with E-state index in [0.717, 1.165) is 12.8 Å². The minimum absolute atomic E-state index is 0.0631. The van der Waals surface area contributed by atoms with E-state index in [1.165, 1.54) is 12.1 Å². The number of Topliss-reactive ketones (excluding diaryl/α,β-unsaturated/α-hetero) is 1. The molecule has 0 aliphatic carbocycles. The van der Waals surface area contributed by atoms with Gasteiger partial charge in [-0.1, -0.05) is 62.5 Å². The maximum atomic E-state index is 12.1. The normalized spacial score (nSPS) is 17.3. The molecule has 0 radical (unpaired) electrons. The van der Waals surface area contributed by atoms with Crippen LogP contribution in [-0.4, -0.2) is 53.2 Å². The number of rotatable bonds is 10. The molecule has 1 aliphatic heterocycles. The van der Waals surface area contributed by atoms with Gasteiger partial charge in [0.05, 0.1) is 19.6 Å². The molecular weight excluding hydrogens is 382 g/mol. The number of allylic oxidation sites excluding steroid dienone is 1. The Morgan fingerprint density at radius 1 is 1.08 bits per heavy atom. The number of ketones is 1. The summed E-state index contributed by atoms with van der Waals surface area (Å²) in [4.78, 5) is 16.3. The van der Waals surface area contributed by atoms with Crippen LogP contribution in [-0.2, 0) is 14.3 Å². The van der Waals surface area contributed by atoms with Crippen molar-refractivity contribution in [2.24, 2.45) is 4.99 Å². The van der Waals surface area contributed by atoms with E-state index in [9.17, 15) is 4.79 Å². The standard InChI is InChI=1S/C19H36ClNO3Si2/c1-25(2,3)14-16(15-26(4,5)6)9-7-10-21-19(20)17(22)13-18-23-11-8-12-24-18/h9,18H,7-8,10-15H2,1-6H3. The molecule has 4 nitrogen and oxygen atoms in total. The minimum atomic E-state index is -1.13. The minimum Gasteiger partial charge on any atom is -0.352 e. The number of aliphatic imine (C=N–C) groups is 1. The Hall–Kier alpha value is -0.276. The lowest BCUT2D eigenvalue weighted by atomic mass is 10.2. The Kier molecular flexibility index (Phi) is 9.97. The average Bonchev–Trinajstić information content (AvgIpc) is 2.49. The predicted octanol–water partition coefficient (Wildman–Crippen LogP) is 5.34. The van der Waals surface area contributed by atoms with E-state index in [-0.39, 0.29) is 17.4 Å². The van der Waals surface area contributed by atoms with Crippen molar-refractivity contribution in [3.63, 3.8) is 0 Å².